The van der Waals surface area contributed by atoms with Gasteiger partial charge in [0.1, 0.15) is 0 Å². The summed E-state index contributed by atoms with van der Waals surface area (Å²) >= 11 is 0. The van der Waals surface area contributed by atoms with E-state index in [9.17, 15) is 24.0 Å². The minimum Gasteiger partial charge on any atom is -0.465 e. The number of unbranched alkanes of at least 4 members (excludes halogenated alkanes) is 45. The maximum atomic E-state index is 13.4. The van der Waals surface area contributed by atoms with Crippen LogP contribution in [-0.2, 0) is 42.9 Å². The lowest BCUT2D eigenvalue weighted by Gasteiger charge is -2.30. The molecule has 0 radical (unpaired) electrons. The second-order valence-electron chi connectivity index (χ2n) is 36.8. The van der Waals surface area contributed by atoms with Crippen LogP contribution in [0.1, 0.15) is 525 Å². The number of esters is 4. The van der Waals surface area contributed by atoms with Gasteiger partial charge in [0.15, 0.2) is 0 Å². The zero-order chi connectivity index (χ0) is 85.3. The van der Waals surface area contributed by atoms with Crippen LogP contribution in [0.5, 0.6) is 0 Å². The number of carbonyl (C=O) groups excluding carboxylic acids is 5. The minimum absolute atomic E-state index is 0.0323. The van der Waals surface area contributed by atoms with E-state index >= 15 is 0 Å². The van der Waals surface area contributed by atoms with Gasteiger partial charge in [-0.3, -0.25) is 24.0 Å². The molecule has 0 spiro atoms. The van der Waals surface area contributed by atoms with E-state index in [-0.39, 0.29) is 29.8 Å². The Morgan fingerprint density at radius 3 is 0.598 bits per heavy atom. The van der Waals surface area contributed by atoms with Gasteiger partial charge in [0.25, 0.3) is 0 Å². The first-order valence-corrected chi connectivity index (χ1v) is 52.5. The molecule has 0 aromatic carbocycles. The maximum absolute atomic E-state index is 13.4. The van der Waals surface area contributed by atoms with E-state index in [1.807, 2.05) is 0 Å². The zero-order valence-corrected chi connectivity index (χ0v) is 80.1. The Hall–Kier alpha value is -2.77. The third kappa shape index (κ3) is 82.6. The smallest absolute Gasteiger partial charge is 0.305 e. The van der Waals surface area contributed by atoms with Gasteiger partial charge in [0.05, 0.1) is 26.4 Å². The minimum atomic E-state index is -0.0323. The number of ether oxygens (including phenoxy) is 4. The third-order valence-electron chi connectivity index (χ3n) is 25.3. The molecule has 4 unspecified atom stereocenters. The average Bonchev–Trinajstić information content (AvgIpc) is 0.946. The van der Waals surface area contributed by atoms with Crippen molar-refractivity contribution < 1.29 is 42.9 Å². The molecule has 0 aliphatic rings. The van der Waals surface area contributed by atoms with Gasteiger partial charge in [0.2, 0.25) is 5.91 Å². The summed E-state index contributed by atoms with van der Waals surface area (Å²) in [6.07, 6.45) is 81.9. The molecule has 0 aromatic heterocycles. The molecule has 4 atom stereocenters. The Kier molecular flexibility index (Phi) is 90.2. The zero-order valence-electron chi connectivity index (χ0n) is 80.1. The van der Waals surface area contributed by atoms with Crippen molar-refractivity contribution in [3.8, 4) is 0 Å². The van der Waals surface area contributed by atoms with Crippen LogP contribution < -0.4 is 5.32 Å². The van der Waals surface area contributed by atoms with Crippen LogP contribution in [0, 0.1) is 23.7 Å². The molecule has 0 rings (SSSR count). The molecule has 13 heteroatoms. The molecular weight excluding hydrogens is 1450 g/mol. The van der Waals surface area contributed by atoms with Gasteiger partial charge >= 0.3 is 23.9 Å². The summed E-state index contributed by atoms with van der Waals surface area (Å²) < 4.78 is 24.3. The number of nitrogens with one attached hydrogen (secondary N) is 1. The second kappa shape index (κ2) is 92.4. The largest absolute Gasteiger partial charge is 0.465 e. The Balaban J connectivity index is 6.74. The summed E-state index contributed by atoms with van der Waals surface area (Å²) in [5, 5.41) is 3.27. The van der Waals surface area contributed by atoms with Crippen molar-refractivity contribution in [2.75, 3.05) is 91.9 Å². The van der Waals surface area contributed by atoms with Crippen molar-refractivity contribution in [3.63, 3.8) is 0 Å². The Bertz CT molecular complexity index is 1840. The Labute approximate surface area is 728 Å². The summed E-state index contributed by atoms with van der Waals surface area (Å²) in [7, 11) is 0. The molecule has 13 nitrogen and oxygen atoms in total. The average molecular weight is 1650 g/mol. The molecule has 694 valence electrons. The molecule has 0 aliphatic heterocycles. The molecule has 0 aromatic rings. The van der Waals surface area contributed by atoms with Gasteiger partial charge < -0.3 is 39.0 Å². The van der Waals surface area contributed by atoms with Crippen LogP contribution in [0.25, 0.3) is 0 Å². The van der Waals surface area contributed by atoms with Crippen molar-refractivity contribution in [1.82, 2.24) is 20.0 Å². The highest BCUT2D eigenvalue weighted by Gasteiger charge is 2.20. The van der Waals surface area contributed by atoms with Gasteiger partial charge in [-0.05, 0) is 178 Å². The Morgan fingerprint density at radius 1 is 0.197 bits per heavy atom. The molecule has 0 bridgehead atoms. The molecular formula is C104H204N4O9. The summed E-state index contributed by atoms with van der Waals surface area (Å²) in [6, 6.07) is 0. The van der Waals surface area contributed by atoms with Gasteiger partial charge in [-0.1, -0.05) is 371 Å². The van der Waals surface area contributed by atoms with Gasteiger partial charge in [-0.25, -0.2) is 0 Å². The van der Waals surface area contributed by atoms with Gasteiger partial charge in [-0.2, -0.15) is 0 Å². The van der Waals surface area contributed by atoms with Crippen LogP contribution in [0.2, 0.25) is 0 Å². The first-order valence-electron chi connectivity index (χ1n) is 52.5. The van der Waals surface area contributed by atoms with E-state index in [4.69, 9.17) is 18.9 Å². The topological polar surface area (TPSA) is 144 Å². The van der Waals surface area contributed by atoms with E-state index in [1.54, 1.807) is 0 Å². The maximum Gasteiger partial charge on any atom is 0.305 e. The number of rotatable bonds is 97. The van der Waals surface area contributed by atoms with Crippen LogP contribution in [0.4, 0.5) is 0 Å². The lowest BCUT2D eigenvalue weighted by atomic mass is 9.95. The van der Waals surface area contributed by atoms with E-state index in [0.717, 1.165) is 213 Å². The number of hydrogen-bond acceptors (Lipinski definition) is 12. The SMILES string of the molecule is CCCCCCCCC(CCCCCC)COC(=O)CCCCCN(CCCCCC(=O)OCC(CCCCCC)CCCCCCCC)CCN(CCCCNC(=O)CCCCCCC)CCN(CCCCCC(=O)OCC(CCCCCC)CCCCCCCC)CCCCCC(=O)OCC(CCCCCC)CCCCCCCC. The van der Waals surface area contributed by atoms with Crippen LogP contribution in [-0.4, -0.2) is 136 Å². The third-order valence-corrected chi connectivity index (χ3v) is 25.3. The van der Waals surface area contributed by atoms with Crippen molar-refractivity contribution in [2.45, 2.75) is 525 Å². The predicted octanol–water partition coefficient (Wildman–Crippen LogP) is 29.9. The molecule has 0 heterocycles. The highest BCUT2D eigenvalue weighted by Crippen LogP contribution is 2.26. The standard InChI is InChI=1S/C104H204N4O9/c1-10-19-28-37-42-54-73-96(69-50-33-24-15-6)92-114-101(110)78-59-46-64-83-106(84-65-47-60-79-102(111)115-93-97(70-51-34-25-16-7)74-55-43-38-29-20-11-2)88-90-108(87-68-63-82-105-100(109)77-58-41-32-23-14-5)91-89-107(85-66-48-61-80-103(112)116-94-98(71-52-35-26-17-8)75-56-44-39-30-21-12-3)86-67-49-62-81-104(113)117-95-99(72-53-36-27-18-9)76-57-45-40-31-22-13-4/h96-99H,10-95H2,1-9H3,(H,105,109). The molecule has 0 saturated heterocycles. The molecule has 0 aliphatic carbocycles. The lowest BCUT2D eigenvalue weighted by molar-refractivity contribution is -0.146. The van der Waals surface area contributed by atoms with E-state index in [0.29, 0.717) is 88.7 Å². The highest BCUT2D eigenvalue weighted by molar-refractivity contribution is 5.75. The first-order chi connectivity index (χ1) is 57.4. The molecule has 0 saturated carbocycles. The monoisotopic (exact) mass is 1650 g/mol. The van der Waals surface area contributed by atoms with E-state index in [2.05, 4.69) is 82.3 Å². The fourth-order valence-electron chi connectivity index (χ4n) is 17.0. The van der Waals surface area contributed by atoms with E-state index < -0.39 is 0 Å². The number of amides is 1. The van der Waals surface area contributed by atoms with Gasteiger partial charge in [-0.15, -0.1) is 0 Å². The predicted molar refractivity (Wildman–Crippen MR) is 504 cm³/mol. The summed E-state index contributed by atoms with van der Waals surface area (Å²) in [5.41, 5.74) is 0. The number of nitrogens with zero attached hydrogens (tertiary/aromatic N) is 3. The number of carbonyl (C=O) groups is 5. The summed E-state index contributed by atoms with van der Waals surface area (Å²) in [6.45, 7) is 32.0. The van der Waals surface area contributed by atoms with Crippen molar-refractivity contribution in [2.24, 2.45) is 23.7 Å². The van der Waals surface area contributed by atoms with Crippen molar-refractivity contribution in [3.05, 3.63) is 0 Å². The second-order valence-corrected chi connectivity index (χ2v) is 36.8. The quantitative estimate of drug-likeness (QED) is 0.0352. The first kappa shape index (κ1) is 114. The summed E-state index contributed by atoms with van der Waals surface area (Å²) in [4.78, 5) is 74.7. The fraction of sp³-hybridized carbons (Fsp3) is 0.952. The number of hydrogen-bond donors (Lipinski definition) is 1. The lowest BCUT2D eigenvalue weighted by Crippen LogP contribution is -2.41. The summed E-state index contributed by atoms with van der Waals surface area (Å²) in [5.74, 6) is 1.92. The van der Waals surface area contributed by atoms with Crippen LogP contribution in [0.15, 0.2) is 0 Å². The van der Waals surface area contributed by atoms with Gasteiger partial charge in [0, 0.05) is 64.8 Å². The highest BCUT2D eigenvalue weighted by atomic mass is 16.5. The fourth-order valence-corrected chi connectivity index (χ4v) is 17.0. The van der Waals surface area contributed by atoms with Crippen molar-refractivity contribution >= 4 is 29.8 Å². The molecule has 0 fully saturated rings. The molecule has 1 N–H and O–H groups in total. The van der Waals surface area contributed by atoms with Crippen LogP contribution in [0.3, 0.4) is 0 Å². The van der Waals surface area contributed by atoms with Crippen LogP contribution >= 0.6 is 0 Å². The molecule has 117 heavy (non-hydrogen) atoms. The normalized spacial score (nSPS) is 12.8. The Morgan fingerprint density at radius 2 is 0.368 bits per heavy atom. The van der Waals surface area contributed by atoms with E-state index in [1.165, 1.54) is 276 Å². The molecule has 1 amide bonds. The van der Waals surface area contributed by atoms with Crippen molar-refractivity contribution in [1.29, 1.82) is 0 Å².